The van der Waals surface area contributed by atoms with E-state index >= 15 is 0 Å². The third-order valence-electron chi connectivity index (χ3n) is 1.44. The Bertz CT molecular complexity index is 323. The summed E-state index contributed by atoms with van der Waals surface area (Å²) in [6.07, 6.45) is 0. The fourth-order valence-corrected chi connectivity index (χ4v) is 1.05. The summed E-state index contributed by atoms with van der Waals surface area (Å²) in [7, 11) is 0. The fraction of sp³-hybridized carbons (Fsp3) is 0.125. The maximum atomic E-state index is 11.2. The van der Waals surface area contributed by atoms with E-state index in [2.05, 4.69) is 5.18 Å². The summed E-state index contributed by atoms with van der Waals surface area (Å²) in [5.41, 5.74) is -1.04. The molecule has 0 N–H and O–H groups in total. The van der Waals surface area contributed by atoms with Crippen LogP contribution < -0.4 is 0 Å². The van der Waals surface area contributed by atoms with Crippen LogP contribution >= 0.6 is 23.2 Å². The number of carbonyl (C=O) groups excluding carboxylic acids is 1. The van der Waals surface area contributed by atoms with E-state index in [-0.39, 0.29) is 0 Å². The zero-order chi connectivity index (χ0) is 9.84. The molecule has 1 aromatic carbocycles. The van der Waals surface area contributed by atoms with Gasteiger partial charge in [-0.05, 0) is 29.4 Å². The summed E-state index contributed by atoms with van der Waals surface area (Å²) in [4.78, 5) is 21.2. The van der Waals surface area contributed by atoms with Gasteiger partial charge in [0.25, 0.3) is 0 Å². The van der Waals surface area contributed by atoms with Gasteiger partial charge in [0.05, 0.1) is 0 Å². The molecule has 0 radical (unpaired) electrons. The molecule has 0 saturated heterocycles. The van der Waals surface area contributed by atoms with Crippen LogP contribution in [0.3, 0.4) is 0 Å². The van der Waals surface area contributed by atoms with Crippen molar-refractivity contribution in [2.45, 2.75) is 5.50 Å². The summed E-state index contributed by atoms with van der Waals surface area (Å²) in [5, 5.41) is 2.94. The molecule has 3 nitrogen and oxygen atoms in total. The molecular weight excluding hydrogens is 213 g/mol. The zero-order valence-corrected chi connectivity index (χ0v) is 7.92. The summed E-state index contributed by atoms with van der Waals surface area (Å²) >= 11 is 10.9. The van der Waals surface area contributed by atoms with Crippen LogP contribution in [-0.2, 0) is 0 Å². The Morgan fingerprint density at radius 1 is 1.31 bits per heavy atom. The predicted molar refractivity (Wildman–Crippen MR) is 51.2 cm³/mol. The fourth-order valence-electron chi connectivity index (χ4n) is 0.800. The van der Waals surface area contributed by atoms with E-state index in [9.17, 15) is 9.70 Å². The summed E-state index contributed by atoms with van der Waals surface area (Å²) < 4.78 is 0. The van der Waals surface area contributed by atoms with E-state index in [1.54, 1.807) is 12.1 Å². The average Bonchev–Trinajstić information content (AvgIpc) is 2.17. The molecule has 1 atom stereocenters. The molecular formula is C8H5Cl2NO2. The van der Waals surface area contributed by atoms with E-state index in [0.29, 0.717) is 10.6 Å². The van der Waals surface area contributed by atoms with Crippen LogP contribution in [0.1, 0.15) is 10.4 Å². The molecule has 0 spiro atoms. The number of nitrogens with zero attached hydrogens (tertiary/aromatic N) is 1. The number of carbonyl (C=O) groups is 1. The molecule has 68 valence electrons. The van der Waals surface area contributed by atoms with Gasteiger partial charge >= 0.3 is 0 Å². The van der Waals surface area contributed by atoms with Crippen LogP contribution in [0.25, 0.3) is 0 Å². The Labute approximate surface area is 84.6 Å². The van der Waals surface area contributed by atoms with Gasteiger partial charge in [-0.3, -0.25) is 4.79 Å². The van der Waals surface area contributed by atoms with E-state index in [1.807, 2.05) is 0 Å². The predicted octanol–water partition coefficient (Wildman–Crippen LogP) is 2.85. The number of hydrogen-bond donors (Lipinski definition) is 0. The largest absolute Gasteiger partial charge is 0.290 e. The second kappa shape index (κ2) is 4.35. The average molecular weight is 218 g/mol. The highest BCUT2D eigenvalue weighted by molar-refractivity contribution is 6.34. The van der Waals surface area contributed by atoms with Crippen molar-refractivity contribution in [3.05, 3.63) is 39.8 Å². The van der Waals surface area contributed by atoms with Gasteiger partial charge in [-0.2, -0.15) is 0 Å². The van der Waals surface area contributed by atoms with E-state index in [4.69, 9.17) is 23.2 Å². The van der Waals surface area contributed by atoms with E-state index < -0.39 is 11.3 Å². The third-order valence-corrected chi connectivity index (χ3v) is 1.97. The number of Topliss-reactive ketones (excluding diaryl/α,β-unsaturated/α-hetero) is 1. The molecule has 1 unspecified atom stereocenters. The Morgan fingerprint density at radius 3 is 2.31 bits per heavy atom. The highest BCUT2D eigenvalue weighted by atomic mass is 35.5. The topological polar surface area (TPSA) is 46.5 Å². The van der Waals surface area contributed by atoms with E-state index in [1.165, 1.54) is 12.1 Å². The van der Waals surface area contributed by atoms with Gasteiger partial charge in [-0.25, -0.2) is 0 Å². The summed E-state index contributed by atoms with van der Waals surface area (Å²) in [6, 6.07) is 6.07. The SMILES string of the molecule is O=NC(Cl)C(=O)c1ccc(Cl)cc1. The quantitative estimate of drug-likeness (QED) is 0.339. The van der Waals surface area contributed by atoms with Crippen molar-refractivity contribution in [2.24, 2.45) is 5.18 Å². The molecule has 0 saturated carbocycles. The minimum atomic E-state index is -1.36. The Kier molecular flexibility index (Phi) is 3.39. The first-order valence-electron chi connectivity index (χ1n) is 3.41. The monoisotopic (exact) mass is 217 g/mol. The second-order valence-corrected chi connectivity index (χ2v) is 3.16. The van der Waals surface area contributed by atoms with Crippen LogP contribution in [-0.4, -0.2) is 11.3 Å². The minimum absolute atomic E-state index is 0.323. The molecule has 0 amide bonds. The van der Waals surface area contributed by atoms with Crippen molar-refractivity contribution < 1.29 is 4.79 Å². The molecule has 1 aromatic rings. The van der Waals surface area contributed by atoms with Crippen LogP contribution in [0.4, 0.5) is 0 Å². The molecule has 0 fully saturated rings. The summed E-state index contributed by atoms with van der Waals surface area (Å²) in [6.45, 7) is 0. The first-order chi connectivity index (χ1) is 6.15. The lowest BCUT2D eigenvalue weighted by atomic mass is 10.1. The van der Waals surface area contributed by atoms with Crippen molar-refractivity contribution in [3.63, 3.8) is 0 Å². The number of alkyl halides is 1. The Balaban J connectivity index is 2.89. The zero-order valence-electron chi connectivity index (χ0n) is 6.41. The first-order valence-corrected chi connectivity index (χ1v) is 4.23. The van der Waals surface area contributed by atoms with Gasteiger partial charge in [0, 0.05) is 10.6 Å². The van der Waals surface area contributed by atoms with Crippen molar-refractivity contribution in [1.29, 1.82) is 0 Å². The highest BCUT2D eigenvalue weighted by Crippen LogP contribution is 2.13. The van der Waals surface area contributed by atoms with Crippen molar-refractivity contribution >= 4 is 29.0 Å². The van der Waals surface area contributed by atoms with Gasteiger partial charge in [0.2, 0.25) is 11.3 Å². The Morgan fingerprint density at radius 2 is 1.85 bits per heavy atom. The lowest BCUT2D eigenvalue weighted by Crippen LogP contribution is -2.11. The molecule has 0 bridgehead atoms. The van der Waals surface area contributed by atoms with Gasteiger partial charge in [-0.1, -0.05) is 23.2 Å². The number of halogens is 2. The van der Waals surface area contributed by atoms with E-state index in [0.717, 1.165) is 0 Å². The van der Waals surface area contributed by atoms with Crippen LogP contribution in [0.15, 0.2) is 29.4 Å². The van der Waals surface area contributed by atoms with Gasteiger partial charge in [0.15, 0.2) is 0 Å². The highest BCUT2D eigenvalue weighted by Gasteiger charge is 2.16. The molecule has 0 aliphatic heterocycles. The number of ketones is 1. The van der Waals surface area contributed by atoms with Gasteiger partial charge in [0.1, 0.15) is 0 Å². The maximum absolute atomic E-state index is 11.2. The first kappa shape index (κ1) is 10.2. The normalized spacial score (nSPS) is 12.2. The van der Waals surface area contributed by atoms with Crippen LogP contribution in [0.2, 0.25) is 5.02 Å². The standard InChI is InChI=1S/C8H5Cl2NO2/c9-6-3-1-5(2-4-6)7(12)8(10)11-13/h1-4,8H. The molecule has 1 rings (SSSR count). The van der Waals surface area contributed by atoms with Gasteiger partial charge < -0.3 is 0 Å². The molecule has 0 aromatic heterocycles. The second-order valence-electron chi connectivity index (χ2n) is 2.31. The molecule has 0 aliphatic carbocycles. The van der Waals surface area contributed by atoms with Crippen molar-refractivity contribution in [2.75, 3.05) is 0 Å². The molecule has 0 aliphatic rings. The van der Waals surface area contributed by atoms with Crippen molar-refractivity contribution in [3.8, 4) is 0 Å². The Hall–Kier alpha value is -0.930. The number of rotatable bonds is 3. The lowest BCUT2D eigenvalue weighted by molar-refractivity contribution is 0.0989. The number of hydrogen-bond acceptors (Lipinski definition) is 3. The van der Waals surface area contributed by atoms with Crippen LogP contribution in [0, 0.1) is 4.91 Å². The number of benzene rings is 1. The molecule has 5 heteroatoms. The molecule has 13 heavy (non-hydrogen) atoms. The van der Waals surface area contributed by atoms with Crippen LogP contribution in [0.5, 0.6) is 0 Å². The van der Waals surface area contributed by atoms with Gasteiger partial charge in [-0.15, -0.1) is 4.91 Å². The maximum Gasteiger partial charge on any atom is 0.227 e. The lowest BCUT2D eigenvalue weighted by Gasteiger charge is -1.99. The minimum Gasteiger partial charge on any atom is -0.290 e. The molecule has 0 heterocycles. The number of nitroso groups, excluding NO2 is 1. The van der Waals surface area contributed by atoms with Crippen molar-refractivity contribution in [1.82, 2.24) is 0 Å². The third kappa shape index (κ3) is 2.50. The smallest absolute Gasteiger partial charge is 0.227 e. The summed E-state index contributed by atoms with van der Waals surface area (Å²) in [5.74, 6) is -0.520.